The van der Waals surface area contributed by atoms with Crippen LogP contribution in [-0.4, -0.2) is 41.6 Å². The highest BCUT2D eigenvalue weighted by Gasteiger charge is 2.31. The summed E-state index contributed by atoms with van der Waals surface area (Å²) in [5.74, 6) is 0.287. The molecule has 2 aliphatic rings. The fourth-order valence-electron chi connectivity index (χ4n) is 3.33. The SMILES string of the molecule is CCC1CCC(CNC(=O)N2CCC(C(=O)O)C2)CC1. The highest BCUT2D eigenvalue weighted by molar-refractivity contribution is 5.77. The molecule has 0 aromatic rings. The molecule has 2 fully saturated rings. The molecule has 2 N–H and O–H groups in total. The van der Waals surface area contributed by atoms with Crippen molar-refractivity contribution in [3.63, 3.8) is 0 Å². The maximum absolute atomic E-state index is 12.0. The van der Waals surface area contributed by atoms with Crippen LogP contribution in [0.2, 0.25) is 0 Å². The number of nitrogens with one attached hydrogen (secondary N) is 1. The molecule has 2 amide bonds. The number of nitrogens with zero attached hydrogens (tertiary/aromatic N) is 1. The van der Waals surface area contributed by atoms with Gasteiger partial charge in [-0.3, -0.25) is 4.79 Å². The van der Waals surface area contributed by atoms with Crippen molar-refractivity contribution >= 4 is 12.0 Å². The summed E-state index contributed by atoms with van der Waals surface area (Å²) in [5.41, 5.74) is 0. The largest absolute Gasteiger partial charge is 0.481 e. The van der Waals surface area contributed by atoms with Crippen LogP contribution in [-0.2, 0) is 4.79 Å². The zero-order chi connectivity index (χ0) is 14.5. The Morgan fingerprint density at radius 2 is 1.80 bits per heavy atom. The monoisotopic (exact) mass is 282 g/mol. The fraction of sp³-hybridized carbons (Fsp3) is 0.867. The van der Waals surface area contributed by atoms with Crippen LogP contribution >= 0.6 is 0 Å². The number of amides is 2. The molecular weight excluding hydrogens is 256 g/mol. The predicted octanol–water partition coefficient (Wildman–Crippen LogP) is 2.32. The van der Waals surface area contributed by atoms with E-state index in [1.54, 1.807) is 4.90 Å². The quantitative estimate of drug-likeness (QED) is 0.831. The topological polar surface area (TPSA) is 69.6 Å². The number of carbonyl (C=O) groups excluding carboxylic acids is 1. The molecule has 5 heteroatoms. The third-order valence-electron chi connectivity index (χ3n) is 4.91. The molecule has 20 heavy (non-hydrogen) atoms. The lowest BCUT2D eigenvalue weighted by atomic mass is 9.81. The van der Waals surface area contributed by atoms with Crippen LogP contribution in [0.5, 0.6) is 0 Å². The summed E-state index contributed by atoms with van der Waals surface area (Å²) < 4.78 is 0. The van der Waals surface area contributed by atoms with Gasteiger partial charge in [0.1, 0.15) is 0 Å². The van der Waals surface area contributed by atoms with Gasteiger partial charge < -0.3 is 15.3 Å². The third kappa shape index (κ3) is 3.87. The van der Waals surface area contributed by atoms with Crippen molar-refractivity contribution in [1.29, 1.82) is 0 Å². The van der Waals surface area contributed by atoms with Gasteiger partial charge in [0.05, 0.1) is 5.92 Å². The molecule has 5 nitrogen and oxygen atoms in total. The Kier molecular flexibility index (Phi) is 5.26. The number of carbonyl (C=O) groups is 2. The molecule has 1 unspecified atom stereocenters. The number of urea groups is 1. The summed E-state index contributed by atoms with van der Waals surface area (Å²) in [6.45, 7) is 3.90. The molecule has 1 aliphatic heterocycles. The molecule has 1 atom stereocenters. The molecule has 114 valence electrons. The van der Waals surface area contributed by atoms with Crippen LogP contribution in [0.15, 0.2) is 0 Å². The lowest BCUT2D eigenvalue weighted by molar-refractivity contribution is -0.141. The second kappa shape index (κ2) is 6.95. The number of likely N-dealkylation sites (tertiary alicyclic amines) is 1. The Balaban J connectivity index is 1.67. The van der Waals surface area contributed by atoms with E-state index >= 15 is 0 Å². The van der Waals surface area contributed by atoms with E-state index in [1.165, 1.54) is 32.1 Å². The summed E-state index contributed by atoms with van der Waals surface area (Å²) in [6, 6.07) is -0.0913. The van der Waals surface area contributed by atoms with Gasteiger partial charge in [0.2, 0.25) is 0 Å². The van der Waals surface area contributed by atoms with E-state index in [9.17, 15) is 9.59 Å². The van der Waals surface area contributed by atoms with Crippen molar-refractivity contribution in [2.75, 3.05) is 19.6 Å². The van der Waals surface area contributed by atoms with E-state index in [1.807, 2.05) is 0 Å². The van der Waals surface area contributed by atoms with E-state index in [-0.39, 0.29) is 11.9 Å². The first-order chi connectivity index (χ1) is 9.60. The van der Waals surface area contributed by atoms with Crippen LogP contribution in [0.3, 0.4) is 0 Å². The first kappa shape index (κ1) is 15.1. The molecule has 0 bridgehead atoms. The van der Waals surface area contributed by atoms with Crippen molar-refractivity contribution in [2.24, 2.45) is 17.8 Å². The van der Waals surface area contributed by atoms with Gasteiger partial charge in [-0.1, -0.05) is 26.2 Å². The Bertz CT molecular complexity index is 351. The molecule has 1 heterocycles. The number of carboxylic acid groups (broad SMARTS) is 1. The van der Waals surface area contributed by atoms with Crippen molar-refractivity contribution in [1.82, 2.24) is 10.2 Å². The zero-order valence-electron chi connectivity index (χ0n) is 12.3. The average Bonchev–Trinajstić information content (AvgIpc) is 2.95. The smallest absolute Gasteiger partial charge is 0.317 e. The van der Waals surface area contributed by atoms with Gasteiger partial charge in [-0.2, -0.15) is 0 Å². The highest BCUT2D eigenvalue weighted by Crippen LogP contribution is 2.30. The van der Waals surface area contributed by atoms with Gasteiger partial charge in [0, 0.05) is 19.6 Å². The second-order valence-corrected chi connectivity index (χ2v) is 6.25. The third-order valence-corrected chi connectivity index (χ3v) is 4.91. The van der Waals surface area contributed by atoms with Gasteiger partial charge >= 0.3 is 12.0 Å². The fourth-order valence-corrected chi connectivity index (χ4v) is 3.33. The second-order valence-electron chi connectivity index (χ2n) is 6.25. The molecule has 1 saturated carbocycles. The predicted molar refractivity (Wildman–Crippen MR) is 76.5 cm³/mol. The van der Waals surface area contributed by atoms with Crippen molar-refractivity contribution in [3.05, 3.63) is 0 Å². The molecule has 1 saturated heterocycles. The van der Waals surface area contributed by atoms with Gasteiger partial charge in [-0.05, 0) is 31.1 Å². The normalized spacial score (nSPS) is 30.2. The Morgan fingerprint density at radius 1 is 1.15 bits per heavy atom. The van der Waals surface area contributed by atoms with E-state index in [2.05, 4.69) is 12.2 Å². The lowest BCUT2D eigenvalue weighted by Crippen LogP contribution is -2.41. The van der Waals surface area contributed by atoms with E-state index in [4.69, 9.17) is 5.11 Å². The summed E-state index contributed by atoms with van der Waals surface area (Å²) in [7, 11) is 0. The van der Waals surface area contributed by atoms with Crippen molar-refractivity contribution in [3.8, 4) is 0 Å². The van der Waals surface area contributed by atoms with E-state index in [0.717, 1.165) is 12.5 Å². The number of hydrogen-bond donors (Lipinski definition) is 2. The molecule has 0 aromatic carbocycles. The number of carboxylic acids is 1. The van der Waals surface area contributed by atoms with Crippen LogP contribution in [0.4, 0.5) is 4.79 Å². The maximum Gasteiger partial charge on any atom is 0.317 e. The molecule has 1 aliphatic carbocycles. The Morgan fingerprint density at radius 3 is 2.35 bits per heavy atom. The molecular formula is C15H26N2O3. The Labute approximate surface area is 120 Å². The lowest BCUT2D eigenvalue weighted by Gasteiger charge is -2.28. The number of aliphatic carboxylic acids is 1. The van der Waals surface area contributed by atoms with Gasteiger partial charge in [0.25, 0.3) is 0 Å². The van der Waals surface area contributed by atoms with Crippen LogP contribution < -0.4 is 5.32 Å². The standard InChI is InChI=1S/C15H26N2O3/c1-2-11-3-5-12(6-4-11)9-16-15(20)17-8-7-13(10-17)14(18)19/h11-13H,2-10H2,1H3,(H,16,20)(H,18,19). The van der Waals surface area contributed by atoms with Gasteiger partial charge in [0.15, 0.2) is 0 Å². The summed E-state index contributed by atoms with van der Waals surface area (Å²) in [4.78, 5) is 24.5. The minimum Gasteiger partial charge on any atom is -0.481 e. The Hall–Kier alpha value is -1.26. The van der Waals surface area contributed by atoms with Crippen LogP contribution in [0.25, 0.3) is 0 Å². The summed E-state index contributed by atoms with van der Waals surface area (Å²) in [6.07, 6.45) is 6.81. The molecule has 0 aromatic heterocycles. The number of rotatable bonds is 4. The van der Waals surface area contributed by atoms with Gasteiger partial charge in [-0.15, -0.1) is 0 Å². The summed E-state index contributed by atoms with van der Waals surface area (Å²) >= 11 is 0. The number of hydrogen-bond acceptors (Lipinski definition) is 2. The molecule has 0 radical (unpaired) electrons. The minimum atomic E-state index is -0.793. The zero-order valence-corrected chi connectivity index (χ0v) is 12.3. The summed E-state index contributed by atoms with van der Waals surface area (Å²) in [5, 5.41) is 11.9. The maximum atomic E-state index is 12.0. The first-order valence-corrected chi connectivity index (χ1v) is 7.85. The van der Waals surface area contributed by atoms with E-state index < -0.39 is 5.97 Å². The minimum absolute atomic E-state index is 0.0913. The average molecular weight is 282 g/mol. The highest BCUT2D eigenvalue weighted by atomic mass is 16.4. The van der Waals surface area contributed by atoms with Crippen molar-refractivity contribution in [2.45, 2.75) is 45.4 Å². The first-order valence-electron chi connectivity index (χ1n) is 7.85. The van der Waals surface area contributed by atoms with Crippen LogP contribution in [0, 0.1) is 17.8 Å². The molecule has 0 spiro atoms. The van der Waals surface area contributed by atoms with E-state index in [0.29, 0.717) is 25.4 Å². The van der Waals surface area contributed by atoms with Gasteiger partial charge in [-0.25, -0.2) is 4.79 Å². The molecule has 2 rings (SSSR count). The van der Waals surface area contributed by atoms with Crippen LogP contribution in [0.1, 0.15) is 45.4 Å². The van der Waals surface area contributed by atoms with Crippen molar-refractivity contribution < 1.29 is 14.7 Å².